The number of carbonyl (C=O) groups is 1. The first-order chi connectivity index (χ1) is 15.7. The molecule has 0 aromatic heterocycles. The van der Waals surface area contributed by atoms with Gasteiger partial charge in [0.05, 0.1) is 4.92 Å². The van der Waals surface area contributed by atoms with Crippen molar-refractivity contribution in [2.45, 2.75) is 11.8 Å². The van der Waals surface area contributed by atoms with Gasteiger partial charge in [-0.25, -0.2) is 0 Å². The third-order valence-corrected chi connectivity index (χ3v) is 5.70. The Hall–Kier alpha value is -4.49. The summed E-state index contributed by atoms with van der Waals surface area (Å²) in [6, 6.07) is 19.6. The number of anilines is 1. The minimum atomic E-state index is -4.31. The molecule has 0 spiro atoms. The standard InChI is InChI=1S/C23H17N3O6S/c1-16-7-12-21(14-22(16)26(28)29)33(30,31)32-20-10-8-17(9-11-20)13-18(15-24)23(27)25-19-5-3-2-4-6-19/h2-14H,1H3,(H,25,27)/b18-13+. The normalized spacial score (nSPS) is 11.3. The summed E-state index contributed by atoms with van der Waals surface area (Å²) in [5.41, 5.74) is 0.837. The Kier molecular flexibility index (Phi) is 6.85. The van der Waals surface area contributed by atoms with Gasteiger partial charge in [0.2, 0.25) is 0 Å². The Bertz CT molecular complexity index is 1380. The number of nitrogens with one attached hydrogen (secondary N) is 1. The molecule has 0 aliphatic heterocycles. The van der Waals surface area contributed by atoms with Crippen LogP contribution in [0, 0.1) is 28.4 Å². The lowest BCUT2D eigenvalue weighted by Crippen LogP contribution is -2.13. The molecule has 1 amide bonds. The van der Waals surface area contributed by atoms with Crippen molar-refractivity contribution in [3.05, 3.63) is 99.6 Å². The number of nitro groups is 1. The third kappa shape index (κ3) is 5.81. The Morgan fingerprint density at radius 3 is 2.36 bits per heavy atom. The van der Waals surface area contributed by atoms with Gasteiger partial charge in [0.15, 0.2) is 0 Å². The van der Waals surface area contributed by atoms with Crippen molar-refractivity contribution < 1.29 is 22.3 Å². The van der Waals surface area contributed by atoms with E-state index in [0.717, 1.165) is 6.07 Å². The summed E-state index contributed by atoms with van der Waals surface area (Å²) in [5.74, 6) is -0.629. The van der Waals surface area contributed by atoms with Crippen molar-refractivity contribution in [2.75, 3.05) is 5.32 Å². The predicted molar refractivity (Wildman–Crippen MR) is 121 cm³/mol. The minimum Gasteiger partial charge on any atom is -0.379 e. The highest BCUT2D eigenvalue weighted by atomic mass is 32.2. The van der Waals surface area contributed by atoms with Gasteiger partial charge in [0.1, 0.15) is 22.3 Å². The van der Waals surface area contributed by atoms with E-state index >= 15 is 0 Å². The van der Waals surface area contributed by atoms with E-state index in [4.69, 9.17) is 4.18 Å². The Labute approximate surface area is 189 Å². The summed E-state index contributed by atoms with van der Waals surface area (Å²) in [6.45, 7) is 1.50. The zero-order chi connectivity index (χ0) is 24.0. The summed E-state index contributed by atoms with van der Waals surface area (Å²) in [7, 11) is -4.31. The molecular weight excluding hydrogens is 446 g/mol. The molecule has 0 fully saturated rings. The lowest BCUT2D eigenvalue weighted by Gasteiger charge is -2.08. The van der Waals surface area contributed by atoms with Crippen molar-refractivity contribution in [2.24, 2.45) is 0 Å². The van der Waals surface area contributed by atoms with Gasteiger partial charge in [0, 0.05) is 17.3 Å². The van der Waals surface area contributed by atoms with Crippen LogP contribution in [0.4, 0.5) is 11.4 Å². The van der Waals surface area contributed by atoms with Crippen LogP contribution in [0.5, 0.6) is 5.75 Å². The fourth-order valence-electron chi connectivity index (χ4n) is 2.77. The van der Waals surface area contributed by atoms with Crippen LogP contribution >= 0.6 is 0 Å². The second kappa shape index (κ2) is 9.76. The molecule has 3 rings (SSSR count). The average molecular weight is 463 g/mol. The molecule has 10 heteroatoms. The number of amides is 1. The maximum atomic E-state index is 12.5. The summed E-state index contributed by atoms with van der Waals surface area (Å²) in [5, 5.41) is 23.0. The van der Waals surface area contributed by atoms with Crippen LogP contribution in [0.3, 0.4) is 0 Å². The van der Waals surface area contributed by atoms with E-state index in [-0.39, 0.29) is 21.9 Å². The molecule has 0 saturated heterocycles. The lowest BCUT2D eigenvalue weighted by atomic mass is 10.1. The lowest BCUT2D eigenvalue weighted by molar-refractivity contribution is -0.385. The Morgan fingerprint density at radius 1 is 1.09 bits per heavy atom. The molecule has 0 unspecified atom stereocenters. The molecule has 0 atom stereocenters. The number of rotatable bonds is 7. The maximum absolute atomic E-state index is 12.5. The minimum absolute atomic E-state index is 0.0392. The van der Waals surface area contributed by atoms with Gasteiger partial charge < -0.3 is 9.50 Å². The molecule has 0 aliphatic carbocycles. The van der Waals surface area contributed by atoms with Crippen LogP contribution in [0.25, 0.3) is 6.08 Å². The van der Waals surface area contributed by atoms with Gasteiger partial charge >= 0.3 is 10.1 Å². The van der Waals surface area contributed by atoms with Crippen molar-refractivity contribution in [1.82, 2.24) is 0 Å². The number of nitriles is 1. The number of nitro benzene ring substituents is 1. The molecule has 0 bridgehead atoms. The van der Waals surface area contributed by atoms with Gasteiger partial charge in [-0.05, 0) is 48.9 Å². The molecular formula is C23H17N3O6S. The molecule has 3 aromatic rings. The fourth-order valence-corrected chi connectivity index (χ4v) is 3.72. The van der Waals surface area contributed by atoms with Crippen molar-refractivity contribution in [3.63, 3.8) is 0 Å². The van der Waals surface area contributed by atoms with Gasteiger partial charge in [0.25, 0.3) is 11.6 Å². The predicted octanol–water partition coefficient (Wildman–Crippen LogP) is 4.22. The number of aryl methyl sites for hydroxylation is 1. The largest absolute Gasteiger partial charge is 0.379 e. The molecule has 0 saturated carbocycles. The first kappa shape index (κ1) is 23.2. The number of hydrogen-bond donors (Lipinski definition) is 1. The molecule has 1 N–H and O–H groups in total. The monoisotopic (exact) mass is 463 g/mol. The van der Waals surface area contributed by atoms with E-state index < -0.39 is 20.9 Å². The highest BCUT2D eigenvalue weighted by molar-refractivity contribution is 7.87. The molecule has 0 radical (unpaired) electrons. The topological polar surface area (TPSA) is 139 Å². The maximum Gasteiger partial charge on any atom is 0.339 e. The van der Waals surface area contributed by atoms with E-state index in [1.165, 1.54) is 49.4 Å². The van der Waals surface area contributed by atoms with Crippen LogP contribution in [0.15, 0.2) is 83.3 Å². The van der Waals surface area contributed by atoms with E-state index in [9.17, 15) is 28.6 Å². The number of carbonyl (C=O) groups excluding carboxylic acids is 1. The van der Waals surface area contributed by atoms with Crippen LogP contribution in [-0.2, 0) is 14.9 Å². The van der Waals surface area contributed by atoms with E-state index in [1.54, 1.807) is 30.3 Å². The highest BCUT2D eigenvalue weighted by Crippen LogP contribution is 2.25. The third-order valence-electron chi connectivity index (χ3n) is 4.46. The fraction of sp³-hybridized carbons (Fsp3) is 0.0435. The summed E-state index contributed by atoms with van der Waals surface area (Å²) >= 11 is 0. The number of benzene rings is 3. The van der Waals surface area contributed by atoms with E-state index in [2.05, 4.69) is 5.32 Å². The second-order valence-corrected chi connectivity index (χ2v) is 8.35. The van der Waals surface area contributed by atoms with Crippen molar-refractivity contribution in [1.29, 1.82) is 5.26 Å². The quantitative estimate of drug-likeness (QED) is 0.182. The molecule has 0 heterocycles. The Balaban J connectivity index is 1.77. The van der Waals surface area contributed by atoms with Crippen LogP contribution < -0.4 is 9.50 Å². The van der Waals surface area contributed by atoms with Gasteiger partial charge in [-0.2, -0.15) is 13.7 Å². The second-order valence-electron chi connectivity index (χ2n) is 6.80. The summed E-state index contributed by atoms with van der Waals surface area (Å²) in [6.07, 6.45) is 1.35. The zero-order valence-electron chi connectivity index (χ0n) is 17.3. The molecule has 33 heavy (non-hydrogen) atoms. The SMILES string of the molecule is Cc1ccc(S(=O)(=O)Oc2ccc(/C=C(\C#N)C(=O)Nc3ccccc3)cc2)cc1[N+](=O)[O-]. The van der Waals surface area contributed by atoms with Crippen molar-refractivity contribution in [3.8, 4) is 11.8 Å². The highest BCUT2D eigenvalue weighted by Gasteiger charge is 2.21. The zero-order valence-corrected chi connectivity index (χ0v) is 18.1. The van der Waals surface area contributed by atoms with Gasteiger partial charge in [-0.15, -0.1) is 0 Å². The van der Waals surface area contributed by atoms with Crippen LogP contribution in [0.1, 0.15) is 11.1 Å². The average Bonchev–Trinajstić information content (AvgIpc) is 2.79. The molecule has 9 nitrogen and oxygen atoms in total. The smallest absolute Gasteiger partial charge is 0.339 e. The van der Waals surface area contributed by atoms with Gasteiger partial charge in [-0.3, -0.25) is 14.9 Å². The first-order valence-corrected chi connectivity index (χ1v) is 10.9. The number of nitrogens with zero attached hydrogens (tertiary/aromatic N) is 2. The Morgan fingerprint density at radius 2 is 1.76 bits per heavy atom. The molecule has 166 valence electrons. The number of hydrogen-bond acceptors (Lipinski definition) is 7. The van der Waals surface area contributed by atoms with Crippen molar-refractivity contribution >= 4 is 33.5 Å². The summed E-state index contributed by atoms with van der Waals surface area (Å²) in [4.78, 5) is 22.4. The molecule has 0 aliphatic rings. The van der Waals surface area contributed by atoms with E-state index in [1.807, 2.05) is 6.07 Å². The number of para-hydroxylation sites is 1. The van der Waals surface area contributed by atoms with E-state index in [0.29, 0.717) is 16.8 Å². The van der Waals surface area contributed by atoms with Crippen LogP contribution in [0.2, 0.25) is 0 Å². The van der Waals surface area contributed by atoms with Crippen LogP contribution in [-0.4, -0.2) is 19.2 Å². The summed E-state index contributed by atoms with van der Waals surface area (Å²) < 4.78 is 30.1. The first-order valence-electron chi connectivity index (χ1n) is 9.47. The van der Waals surface area contributed by atoms with Gasteiger partial charge in [-0.1, -0.05) is 36.4 Å². The molecule has 3 aromatic carbocycles.